The molecule has 1 atom stereocenters. The van der Waals surface area contributed by atoms with Gasteiger partial charge in [0.25, 0.3) is 0 Å². The van der Waals surface area contributed by atoms with Gasteiger partial charge < -0.3 is 8.37 Å². The van der Waals surface area contributed by atoms with E-state index in [1.54, 1.807) is 18.2 Å². The summed E-state index contributed by atoms with van der Waals surface area (Å²) in [5.41, 5.74) is 2.03. The number of hydrogen-bond donors (Lipinski definition) is 0. The van der Waals surface area contributed by atoms with Crippen molar-refractivity contribution in [2.24, 2.45) is 0 Å². The summed E-state index contributed by atoms with van der Waals surface area (Å²) >= 11 is -1.84. The van der Waals surface area contributed by atoms with Gasteiger partial charge in [-0.2, -0.15) is 4.21 Å². The summed E-state index contributed by atoms with van der Waals surface area (Å²) in [6.45, 7) is 3.86. The van der Waals surface area contributed by atoms with Crippen LogP contribution in [0.5, 0.6) is 11.5 Å². The highest BCUT2D eigenvalue weighted by Crippen LogP contribution is 2.19. The largest absolute Gasteiger partial charge is 0.417 e. The Hall–Kier alpha value is -1.81. The van der Waals surface area contributed by atoms with Crippen molar-refractivity contribution in [2.45, 2.75) is 13.8 Å². The van der Waals surface area contributed by atoms with Crippen molar-refractivity contribution in [1.82, 2.24) is 0 Å². The number of aryl methyl sites for hydroxylation is 2. The van der Waals surface area contributed by atoms with Crippen LogP contribution in [-0.4, -0.2) is 4.21 Å². The van der Waals surface area contributed by atoms with Crippen LogP contribution in [0.4, 0.5) is 0 Å². The Bertz CT molecular complexity index is 549. The maximum absolute atomic E-state index is 11.7. The molecule has 1 unspecified atom stereocenters. The third-order valence-corrected chi connectivity index (χ3v) is 3.08. The highest BCUT2D eigenvalue weighted by Gasteiger charge is 2.07. The van der Waals surface area contributed by atoms with Crippen molar-refractivity contribution in [3.63, 3.8) is 0 Å². The molecule has 3 nitrogen and oxygen atoms in total. The van der Waals surface area contributed by atoms with E-state index in [9.17, 15) is 4.21 Å². The summed E-state index contributed by atoms with van der Waals surface area (Å²) in [6, 6.07) is 14.7. The van der Waals surface area contributed by atoms with Gasteiger partial charge in [0, 0.05) is 0 Å². The minimum Gasteiger partial charge on any atom is -0.371 e. The number of para-hydroxylation sites is 1. The normalized spacial score (nSPS) is 11.9. The molecule has 0 heterocycles. The fraction of sp³-hybridized carbons (Fsp3) is 0.143. The molecule has 0 amide bonds. The molecule has 0 aromatic heterocycles. The number of benzene rings is 2. The average Bonchev–Trinajstić information content (AvgIpc) is 2.35. The molecule has 94 valence electrons. The first-order valence-corrected chi connectivity index (χ1v) is 6.56. The molecule has 0 bridgehead atoms. The predicted molar refractivity (Wildman–Crippen MR) is 71.8 cm³/mol. The third kappa shape index (κ3) is 3.34. The fourth-order valence-corrected chi connectivity index (χ4v) is 2.05. The summed E-state index contributed by atoms with van der Waals surface area (Å²) in [7, 11) is 0. The van der Waals surface area contributed by atoms with Gasteiger partial charge in [0.05, 0.1) is 0 Å². The van der Waals surface area contributed by atoms with Gasteiger partial charge >= 0.3 is 11.4 Å². The predicted octanol–water partition coefficient (Wildman–Crippen LogP) is 3.34. The molecule has 0 saturated heterocycles. The Morgan fingerprint density at radius 1 is 0.889 bits per heavy atom. The Morgan fingerprint density at radius 2 is 1.56 bits per heavy atom. The van der Waals surface area contributed by atoms with Crippen LogP contribution in [0.15, 0.2) is 48.5 Å². The van der Waals surface area contributed by atoms with Crippen LogP contribution < -0.4 is 8.37 Å². The zero-order chi connectivity index (χ0) is 13.0. The van der Waals surface area contributed by atoms with Gasteiger partial charge in [-0.1, -0.05) is 35.9 Å². The van der Waals surface area contributed by atoms with Crippen molar-refractivity contribution in [3.05, 3.63) is 59.7 Å². The maximum atomic E-state index is 11.7. The quantitative estimate of drug-likeness (QED) is 0.847. The molecule has 0 aliphatic heterocycles. The summed E-state index contributed by atoms with van der Waals surface area (Å²) in [4.78, 5) is 0. The van der Waals surface area contributed by atoms with Crippen LogP contribution in [0.2, 0.25) is 0 Å². The van der Waals surface area contributed by atoms with Gasteiger partial charge in [-0.25, -0.2) is 0 Å². The van der Waals surface area contributed by atoms with Crippen molar-refractivity contribution in [1.29, 1.82) is 0 Å². The summed E-state index contributed by atoms with van der Waals surface area (Å²) in [6.07, 6.45) is 0. The number of hydrogen-bond acceptors (Lipinski definition) is 3. The Balaban J connectivity index is 2.01. The third-order valence-electron chi connectivity index (χ3n) is 2.44. The maximum Gasteiger partial charge on any atom is 0.417 e. The molecule has 0 N–H and O–H groups in total. The van der Waals surface area contributed by atoms with Gasteiger partial charge in [-0.05, 0) is 37.6 Å². The molecule has 0 radical (unpaired) electrons. The van der Waals surface area contributed by atoms with Crippen molar-refractivity contribution in [3.8, 4) is 11.5 Å². The molecular formula is C14H14O3S. The molecule has 0 saturated carbocycles. The monoisotopic (exact) mass is 262 g/mol. The molecule has 0 fully saturated rings. The highest BCUT2D eigenvalue weighted by atomic mass is 32.2. The Labute approximate surface area is 109 Å². The van der Waals surface area contributed by atoms with E-state index in [4.69, 9.17) is 8.37 Å². The molecule has 18 heavy (non-hydrogen) atoms. The molecule has 0 aliphatic carbocycles. The van der Waals surface area contributed by atoms with E-state index in [1.165, 1.54) is 0 Å². The highest BCUT2D eigenvalue weighted by molar-refractivity contribution is 7.75. The van der Waals surface area contributed by atoms with Gasteiger partial charge in [0.15, 0.2) is 0 Å². The molecule has 2 aromatic rings. The SMILES string of the molecule is Cc1ccc(OS(=O)Oc2ccccc2C)cc1. The molecule has 0 aliphatic rings. The second-order valence-electron chi connectivity index (χ2n) is 3.95. The lowest BCUT2D eigenvalue weighted by atomic mass is 10.2. The fourth-order valence-electron chi connectivity index (χ4n) is 1.41. The van der Waals surface area contributed by atoms with E-state index in [1.807, 2.05) is 44.2 Å². The minimum atomic E-state index is -1.84. The van der Waals surface area contributed by atoms with Gasteiger partial charge in [0.2, 0.25) is 0 Å². The second-order valence-corrected chi connectivity index (χ2v) is 4.69. The lowest BCUT2D eigenvalue weighted by Gasteiger charge is -2.07. The van der Waals surface area contributed by atoms with E-state index >= 15 is 0 Å². The Kier molecular flexibility index (Phi) is 3.99. The molecule has 0 spiro atoms. The first kappa shape index (κ1) is 12.6. The van der Waals surface area contributed by atoms with Gasteiger partial charge in [-0.15, -0.1) is 0 Å². The topological polar surface area (TPSA) is 35.5 Å². The van der Waals surface area contributed by atoms with E-state index in [0.29, 0.717) is 11.5 Å². The summed E-state index contributed by atoms with van der Waals surface area (Å²) in [5, 5.41) is 0. The zero-order valence-electron chi connectivity index (χ0n) is 10.3. The van der Waals surface area contributed by atoms with Crippen molar-refractivity contribution >= 4 is 11.4 Å². The first-order valence-electron chi connectivity index (χ1n) is 5.56. The standard InChI is InChI=1S/C14H14O3S/c1-11-7-9-13(10-8-11)16-18(15)17-14-6-4-3-5-12(14)2/h3-10H,1-2H3. The van der Waals surface area contributed by atoms with Crippen LogP contribution in [0.3, 0.4) is 0 Å². The molecule has 4 heteroatoms. The van der Waals surface area contributed by atoms with Crippen LogP contribution >= 0.6 is 0 Å². The van der Waals surface area contributed by atoms with E-state index in [0.717, 1.165) is 11.1 Å². The minimum absolute atomic E-state index is 0.521. The van der Waals surface area contributed by atoms with E-state index in [2.05, 4.69) is 0 Å². The molecule has 2 rings (SSSR count). The van der Waals surface area contributed by atoms with Crippen LogP contribution in [0.25, 0.3) is 0 Å². The van der Waals surface area contributed by atoms with Crippen LogP contribution in [0, 0.1) is 13.8 Å². The van der Waals surface area contributed by atoms with Crippen LogP contribution in [0.1, 0.15) is 11.1 Å². The zero-order valence-corrected chi connectivity index (χ0v) is 11.1. The van der Waals surface area contributed by atoms with Crippen molar-refractivity contribution in [2.75, 3.05) is 0 Å². The van der Waals surface area contributed by atoms with Gasteiger partial charge in [0.1, 0.15) is 11.5 Å². The molecular weight excluding hydrogens is 248 g/mol. The second kappa shape index (κ2) is 5.69. The number of rotatable bonds is 4. The lowest BCUT2D eigenvalue weighted by molar-refractivity contribution is 0.460. The Morgan fingerprint density at radius 3 is 2.22 bits per heavy atom. The van der Waals surface area contributed by atoms with Gasteiger partial charge in [-0.3, -0.25) is 0 Å². The van der Waals surface area contributed by atoms with E-state index < -0.39 is 11.4 Å². The average molecular weight is 262 g/mol. The molecule has 2 aromatic carbocycles. The first-order chi connectivity index (χ1) is 8.65. The summed E-state index contributed by atoms with van der Waals surface area (Å²) in [5.74, 6) is 1.08. The summed E-state index contributed by atoms with van der Waals surface area (Å²) < 4.78 is 22.1. The van der Waals surface area contributed by atoms with E-state index in [-0.39, 0.29) is 0 Å². The van der Waals surface area contributed by atoms with Crippen LogP contribution in [-0.2, 0) is 11.4 Å². The smallest absolute Gasteiger partial charge is 0.371 e. The van der Waals surface area contributed by atoms with Crippen molar-refractivity contribution < 1.29 is 12.6 Å². The lowest BCUT2D eigenvalue weighted by Crippen LogP contribution is -2.08.